The molecular weight excluding hydrogens is 380 g/mol. The number of rotatable bonds is 6. The van der Waals surface area contributed by atoms with Crippen LogP contribution in [0.25, 0.3) is 11.0 Å². The maximum absolute atomic E-state index is 12.7. The van der Waals surface area contributed by atoms with Gasteiger partial charge in [-0.25, -0.2) is 4.98 Å². The summed E-state index contributed by atoms with van der Waals surface area (Å²) in [5.41, 5.74) is 1.26. The van der Waals surface area contributed by atoms with Crippen LogP contribution in [-0.2, 0) is 13.1 Å². The van der Waals surface area contributed by atoms with Crippen molar-refractivity contribution in [1.82, 2.24) is 19.3 Å². The first kappa shape index (κ1) is 18.5. The number of benzene rings is 1. The lowest BCUT2D eigenvalue weighted by Crippen LogP contribution is -2.23. The number of hydrogen-bond acceptors (Lipinski definition) is 7. The second-order valence-corrected chi connectivity index (χ2v) is 7.18. The van der Waals surface area contributed by atoms with Crippen molar-refractivity contribution < 1.29 is 14.3 Å². The number of ketones is 1. The number of thioether (sulfide) groups is 1. The number of aryl methyl sites for hydroxylation is 1. The third-order valence-corrected chi connectivity index (χ3v) is 5.45. The van der Waals surface area contributed by atoms with Gasteiger partial charge in [-0.3, -0.25) is 18.8 Å². The lowest BCUT2D eigenvalue weighted by Gasteiger charge is -2.18. The zero-order valence-corrected chi connectivity index (χ0v) is 16.5. The first-order chi connectivity index (χ1) is 13.6. The van der Waals surface area contributed by atoms with E-state index in [-0.39, 0.29) is 17.1 Å². The Morgan fingerprint density at radius 2 is 1.96 bits per heavy atom. The van der Waals surface area contributed by atoms with Crippen LogP contribution in [0.1, 0.15) is 24.2 Å². The van der Waals surface area contributed by atoms with E-state index in [4.69, 9.17) is 9.47 Å². The van der Waals surface area contributed by atoms with Crippen LogP contribution in [-0.4, -0.2) is 44.1 Å². The Morgan fingerprint density at radius 1 is 1.18 bits per heavy atom. The van der Waals surface area contributed by atoms with Gasteiger partial charge >= 0.3 is 0 Å². The van der Waals surface area contributed by atoms with Crippen molar-refractivity contribution in [2.24, 2.45) is 0 Å². The Morgan fingerprint density at radius 3 is 2.71 bits per heavy atom. The zero-order chi connectivity index (χ0) is 19.7. The van der Waals surface area contributed by atoms with Gasteiger partial charge in [-0.2, -0.15) is 5.10 Å². The van der Waals surface area contributed by atoms with E-state index in [1.807, 2.05) is 13.8 Å². The summed E-state index contributed by atoms with van der Waals surface area (Å²) in [5.74, 6) is 1.33. The Hall–Kier alpha value is -2.81. The second-order valence-electron chi connectivity index (χ2n) is 6.23. The van der Waals surface area contributed by atoms with Crippen molar-refractivity contribution in [3.63, 3.8) is 0 Å². The third kappa shape index (κ3) is 3.37. The van der Waals surface area contributed by atoms with Gasteiger partial charge in [-0.1, -0.05) is 11.8 Å². The van der Waals surface area contributed by atoms with Gasteiger partial charge in [0.1, 0.15) is 18.7 Å². The number of fused-ring (bicyclic) bond motifs is 2. The molecule has 0 spiro atoms. The summed E-state index contributed by atoms with van der Waals surface area (Å²) in [6.45, 7) is 5.92. The summed E-state index contributed by atoms with van der Waals surface area (Å²) < 4.78 is 14.3. The maximum atomic E-state index is 12.7. The second kappa shape index (κ2) is 7.67. The van der Waals surface area contributed by atoms with Crippen LogP contribution in [0.4, 0.5) is 0 Å². The number of aromatic nitrogens is 4. The van der Waals surface area contributed by atoms with E-state index in [0.29, 0.717) is 59.6 Å². The molecule has 8 nitrogen and oxygen atoms in total. The van der Waals surface area contributed by atoms with Crippen molar-refractivity contribution >= 4 is 28.6 Å². The van der Waals surface area contributed by atoms with Crippen molar-refractivity contribution in [2.75, 3.05) is 19.0 Å². The van der Waals surface area contributed by atoms with Crippen LogP contribution in [0.5, 0.6) is 11.5 Å². The molecule has 0 N–H and O–H groups in total. The van der Waals surface area contributed by atoms with E-state index in [2.05, 4.69) is 10.1 Å². The smallest absolute Gasteiger partial charge is 0.282 e. The Balaban J connectivity index is 1.58. The van der Waals surface area contributed by atoms with E-state index >= 15 is 0 Å². The Bertz CT molecular complexity index is 1110. The lowest BCUT2D eigenvalue weighted by atomic mass is 10.1. The minimum absolute atomic E-state index is 0.0665. The minimum Gasteiger partial charge on any atom is -0.486 e. The fraction of sp³-hybridized carbons (Fsp3) is 0.368. The van der Waals surface area contributed by atoms with E-state index in [9.17, 15) is 9.59 Å². The van der Waals surface area contributed by atoms with Crippen LogP contribution >= 0.6 is 11.8 Å². The standard InChI is InChI=1S/C19H20N4O4S/c1-3-22-10-13-17(21-22)18(25)23(4-2)19(20-13)28-11-14(24)12-5-6-15-16(9-12)27-8-7-26-15/h5-6,9-10H,3-4,7-8,11H2,1-2H3. The van der Waals surface area contributed by atoms with Crippen LogP contribution in [0.3, 0.4) is 0 Å². The molecule has 28 heavy (non-hydrogen) atoms. The molecule has 0 unspecified atom stereocenters. The molecule has 1 aliphatic heterocycles. The van der Waals surface area contributed by atoms with Gasteiger partial charge in [0.25, 0.3) is 5.56 Å². The molecule has 0 radical (unpaired) electrons. The predicted octanol–water partition coefficient (Wildman–Crippen LogP) is 2.38. The molecule has 0 aliphatic carbocycles. The molecular formula is C19H20N4O4S. The average Bonchev–Trinajstić information content (AvgIpc) is 3.15. The van der Waals surface area contributed by atoms with Gasteiger partial charge < -0.3 is 9.47 Å². The summed E-state index contributed by atoms with van der Waals surface area (Å²) in [6.07, 6.45) is 1.75. The molecule has 0 saturated carbocycles. The Labute approximate surface area is 165 Å². The van der Waals surface area contributed by atoms with Gasteiger partial charge in [0.05, 0.1) is 11.9 Å². The molecule has 3 heterocycles. The van der Waals surface area contributed by atoms with Crippen molar-refractivity contribution in [3.05, 3.63) is 40.3 Å². The molecule has 0 saturated heterocycles. The van der Waals surface area contributed by atoms with Crippen LogP contribution in [0.2, 0.25) is 0 Å². The molecule has 1 aliphatic rings. The number of carbonyl (C=O) groups excluding carboxylic acids is 1. The van der Waals surface area contributed by atoms with Crippen LogP contribution in [0, 0.1) is 0 Å². The first-order valence-corrected chi connectivity index (χ1v) is 10.1. The highest BCUT2D eigenvalue weighted by Gasteiger charge is 2.18. The topological polar surface area (TPSA) is 88.2 Å². The summed E-state index contributed by atoms with van der Waals surface area (Å²) in [7, 11) is 0. The third-order valence-electron chi connectivity index (χ3n) is 4.47. The summed E-state index contributed by atoms with van der Waals surface area (Å²) in [5, 5.41) is 4.80. The highest BCUT2D eigenvalue weighted by molar-refractivity contribution is 7.99. The predicted molar refractivity (Wildman–Crippen MR) is 106 cm³/mol. The van der Waals surface area contributed by atoms with E-state index in [0.717, 1.165) is 0 Å². The van der Waals surface area contributed by atoms with Gasteiger partial charge in [-0.15, -0.1) is 0 Å². The minimum atomic E-state index is -0.186. The van der Waals surface area contributed by atoms with Crippen molar-refractivity contribution in [2.45, 2.75) is 32.1 Å². The average molecular weight is 400 g/mol. The lowest BCUT2D eigenvalue weighted by molar-refractivity contribution is 0.102. The molecule has 9 heteroatoms. The summed E-state index contributed by atoms with van der Waals surface area (Å²) in [4.78, 5) is 29.9. The SMILES string of the molecule is CCn1cc2nc(SCC(=O)c3ccc4c(c3)OCCO4)n(CC)c(=O)c2n1. The molecule has 0 fully saturated rings. The fourth-order valence-corrected chi connectivity index (χ4v) is 3.96. The number of nitrogens with zero attached hydrogens (tertiary/aromatic N) is 4. The van der Waals surface area contributed by atoms with Crippen LogP contribution in [0.15, 0.2) is 34.3 Å². The number of ether oxygens (including phenoxy) is 2. The summed E-state index contributed by atoms with van der Waals surface area (Å²) >= 11 is 1.25. The van der Waals surface area contributed by atoms with E-state index in [1.54, 1.807) is 33.6 Å². The van der Waals surface area contributed by atoms with Crippen molar-refractivity contribution in [1.29, 1.82) is 0 Å². The molecule has 2 aromatic heterocycles. The summed E-state index contributed by atoms with van der Waals surface area (Å²) in [6, 6.07) is 5.18. The molecule has 4 rings (SSSR count). The quantitative estimate of drug-likeness (QED) is 0.357. The fourth-order valence-electron chi connectivity index (χ4n) is 3.00. The monoisotopic (exact) mass is 400 g/mol. The van der Waals surface area contributed by atoms with Crippen LogP contribution < -0.4 is 15.0 Å². The van der Waals surface area contributed by atoms with Gasteiger partial charge in [0.15, 0.2) is 28.0 Å². The van der Waals surface area contributed by atoms with E-state index < -0.39 is 0 Å². The largest absolute Gasteiger partial charge is 0.486 e. The number of hydrogen-bond donors (Lipinski definition) is 0. The van der Waals surface area contributed by atoms with E-state index in [1.165, 1.54) is 11.8 Å². The molecule has 0 amide bonds. The molecule has 1 aromatic carbocycles. The molecule has 3 aromatic rings. The molecule has 146 valence electrons. The first-order valence-electron chi connectivity index (χ1n) is 9.14. The van der Waals surface area contributed by atoms with Crippen molar-refractivity contribution in [3.8, 4) is 11.5 Å². The Kier molecular flexibility index (Phi) is 5.08. The van der Waals surface area contributed by atoms with Gasteiger partial charge in [0, 0.05) is 18.7 Å². The number of Topliss-reactive ketones (excluding diaryl/α,β-unsaturated/α-hetero) is 1. The molecule has 0 bridgehead atoms. The van der Waals surface area contributed by atoms with Gasteiger partial charge in [-0.05, 0) is 32.0 Å². The molecule has 0 atom stereocenters. The normalized spacial score (nSPS) is 13.1. The zero-order valence-electron chi connectivity index (χ0n) is 15.7. The maximum Gasteiger partial charge on any atom is 0.282 e. The number of carbonyl (C=O) groups is 1. The van der Waals surface area contributed by atoms with Gasteiger partial charge in [0.2, 0.25) is 0 Å². The highest BCUT2D eigenvalue weighted by Crippen LogP contribution is 2.31. The highest BCUT2D eigenvalue weighted by atomic mass is 32.2.